The summed E-state index contributed by atoms with van der Waals surface area (Å²) < 4.78 is 1.47. The molecule has 1 N–H and O–H groups in total. The molecule has 5 heteroatoms. The molecule has 0 amide bonds. The van der Waals surface area contributed by atoms with Gasteiger partial charge in [0.15, 0.2) is 0 Å². The number of aliphatic hydroxyl groups is 1. The van der Waals surface area contributed by atoms with Crippen molar-refractivity contribution in [2.45, 2.75) is 12.6 Å². The molecule has 0 saturated carbocycles. The molecule has 0 radical (unpaired) electrons. The van der Waals surface area contributed by atoms with Crippen LogP contribution in [0, 0.1) is 0 Å². The van der Waals surface area contributed by atoms with E-state index in [4.69, 9.17) is 0 Å². The van der Waals surface area contributed by atoms with Gasteiger partial charge in [-0.1, -0.05) is 60.7 Å². The molecule has 0 aliphatic rings. The fraction of sp³-hybridized carbons (Fsp3) is 0.100. The van der Waals surface area contributed by atoms with Crippen LogP contribution in [0.25, 0.3) is 20.7 Å². The minimum absolute atomic E-state index is 0.126. The molecule has 4 rings (SSSR count). The Morgan fingerprint density at radius 2 is 1.72 bits per heavy atom. The largest absolute Gasteiger partial charge is 0.387 e. The number of nitrogens with zero attached hydrogens (tertiary/aromatic N) is 2. The minimum Gasteiger partial charge on any atom is -0.387 e. The maximum atomic E-state index is 12.8. The summed E-state index contributed by atoms with van der Waals surface area (Å²) in [6, 6.07) is 21.2. The highest BCUT2D eigenvalue weighted by atomic mass is 32.1. The van der Waals surface area contributed by atoms with E-state index in [9.17, 15) is 9.90 Å². The Hall–Kier alpha value is -2.76. The van der Waals surface area contributed by atoms with Crippen molar-refractivity contribution >= 4 is 21.6 Å². The third-order valence-corrected chi connectivity index (χ3v) is 5.22. The van der Waals surface area contributed by atoms with Crippen LogP contribution in [-0.2, 0) is 6.54 Å². The molecule has 2 heterocycles. The molecule has 4 nitrogen and oxygen atoms in total. The molecule has 0 bridgehead atoms. The lowest BCUT2D eigenvalue weighted by atomic mass is 10.1. The van der Waals surface area contributed by atoms with Crippen LogP contribution < -0.4 is 5.56 Å². The molecule has 0 aliphatic heterocycles. The first-order valence-corrected chi connectivity index (χ1v) is 8.81. The molecule has 124 valence electrons. The molecule has 4 aromatic rings. The van der Waals surface area contributed by atoms with E-state index in [0.29, 0.717) is 10.2 Å². The highest BCUT2D eigenvalue weighted by Gasteiger charge is 2.13. The van der Waals surface area contributed by atoms with Gasteiger partial charge in [0.1, 0.15) is 4.83 Å². The number of thiophene rings is 1. The Labute approximate surface area is 148 Å². The van der Waals surface area contributed by atoms with Crippen LogP contribution in [0.2, 0.25) is 0 Å². The maximum absolute atomic E-state index is 12.8. The van der Waals surface area contributed by atoms with Gasteiger partial charge in [-0.05, 0) is 17.2 Å². The molecule has 0 aliphatic carbocycles. The summed E-state index contributed by atoms with van der Waals surface area (Å²) in [5, 5.41) is 11.0. The third kappa shape index (κ3) is 3.12. The summed E-state index contributed by atoms with van der Waals surface area (Å²) in [4.78, 5) is 18.9. The second-order valence-corrected chi connectivity index (χ2v) is 6.85. The van der Waals surface area contributed by atoms with Gasteiger partial charge in [-0.15, -0.1) is 11.3 Å². The average Bonchev–Trinajstić information content (AvgIpc) is 3.11. The molecule has 0 saturated heterocycles. The van der Waals surface area contributed by atoms with E-state index in [-0.39, 0.29) is 12.1 Å². The topological polar surface area (TPSA) is 55.1 Å². The predicted molar refractivity (Wildman–Crippen MR) is 101 cm³/mol. The molecule has 2 aromatic heterocycles. The summed E-state index contributed by atoms with van der Waals surface area (Å²) in [6.07, 6.45) is 0.771. The normalized spacial score (nSPS) is 12.4. The first-order valence-electron chi connectivity index (χ1n) is 8.00. The first kappa shape index (κ1) is 15.7. The minimum atomic E-state index is -0.745. The zero-order chi connectivity index (χ0) is 17.2. The molecule has 25 heavy (non-hydrogen) atoms. The van der Waals surface area contributed by atoms with Crippen molar-refractivity contribution in [3.05, 3.63) is 89.0 Å². The second-order valence-electron chi connectivity index (χ2n) is 5.82. The van der Waals surface area contributed by atoms with Gasteiger partial charge in [-0.2, -0.15) is 0 Å². The number of rotatable bonds is 4. The summed E-state index contributed by atoms with van der Waals surface area (Å²) in [5.74, 6) is 0. The van der Waals surface area contributed by atoms with Crippen molar-refractivity contribution in [1.29, 1.82) is 0 Å². The van der Waals surface area contributed by atoms with Gasteiger partial charge in [-0.3, -0.25) is 9.36 Å². The van der Waals surface area contributed by atoms with Gasteiger partial charge < -0.3 is 5.11 Å². The van der Waals surface area contributed by atoms with Gasteiger partial charge in [0.05, 0.1) is 24.4 Å². The average molecular weight is 348 g/mol. The molecule has 0 unspecified atom stereocenters. The first-order chi connectivity index (χ1) is 12.2. The molecular weight excluding hydrogens is 332 g/mol. The van der Waals surface area contributed by atoms with Crippen LogP contribution in [0.4, 0.5) is 0 Å². The van der Waals surface area contributed by atoms with Gasteiger partial charge in [0, 0.05) is 4.88 Å². The van der Waals surface area contributed by atoms with E-state index in [0.717, 1.165) is 16.0 Å². The standard InChI is InChI=1S/C20H16N2O2S/c23-17(14-7-3-1-4-8-14)12-22-13-21-19-16(20(22)24)11-18(25-19)15-9-5-2-6-10-15/h1-11,13,17,23H,12H2/t17-/m1/s1. The van der Waals surface area contributed by atoms with Gasteiger partial charge in [0.25, 0.3) is 5.56 Å². The van der Waals surface area contributed by atoms with Crippen LogP contribution in [0.1, 0.15) is 11.7 Å². The third-order valence-electron chi connectivity index (χ3n) is 4.13. The number of hydrogen-bond donors (Lipinski definition) is 1. The molecular formula is C20H16N2O2S. The summed E-state index contributed by atoms with van der Waals surface area (Å²) in [5.41, 5.74) is 1.73. The van der Waals surface area contributed by atoms with E-state index in [1.54, 1.807) is 0 Å². The van der Waals surface area contributed by atoms with E-state index in [1.807, 2.05) is 66.7 Å². The fourth-order valence-electron chi connectivity index (χ4n) is 2.80. The number of hydrogen-bond acceptors (Lipinski definition) is 4. The molecule has 1 atom stereocenters. The van der Waals surface area contributed by atoms with E-state index < -0.39 is 6.10 Å². The molecule has 0 spiro atoms. The zero-order valence-corrected chi connectivity index (χ0v) is 14.2. The maximum Gasteiger partial charge on any atom is 0.262 e. The highest BCUT2D eigenvalue weighted by molar-refractivity contribution is 7.21. The van der Waals surface area contributed by atoms with Crippen LogP contribution in [0.5, 0.6) is 0 Å². The van der Waals surface area contributed by atoms with E-state index in [2.05, 4.69) is 4.98 Å². The van der Waals surface area contributed by atoms with Crippen LogP contribution in [0.15, 0.2) is 77.9 Å². The van der Waals surface area contributed by atoms with Gasteiger partial charge >= 0.3 is 0 Å². The lowest BCUT2D eigenvalue weighted by Crippen LogP contribution is -2.23. The van der Waals surface area contributed by atoms with E-state index in [1.165, 1.54) is 22.2 Å². The Bertz CT molecular complexity index is 1060. The van der Waals surface area contributed by atoms with Crippen molar-refractivity contribution < 1.29 is 5.11 Å². The smallest absolute Gasteiger partial charge is 0.262 e. The SMILES string of the molecule is O=c1c2cc(-c3ccccc3)sc2ncn1C[C@@H](O)c1ccccc1. The van der Waals surface area contributed by atoms with Crippen molar-refractivity contribution in [2.24, 2.45) is 0 Å². The Morgan fingerprint density at radius 1 is 1.04 bits per heavy atom. The number of aliphatic hydroxyl groups excluding tert-OH is 1. The Balaban J connectivity index is 1.70. The second kappa shape index (κ2) is 6.63. The summed E-state index contributed by atoms with van der Waals surface area (Å²) in [6.45, 7) is 0.183. The van der Waals surface area contributed by atoms with Crippen LogP contribution >= 0.6 is 11.3 Å². The zero-order valence-electron chi connectivity index (χ0n) is 13.4. The lowest BCUT2D eigenvalue weighted by Gasteiger charge is -2.12. The fourth-order valence-corrected chi connectivity index (χ4v) is 3.80. The summed E-state index contributed by atoms with van der Waals surface area (Å²) in [7, 11) is 0. The Morgan fingerprint density at radius 3 is 2.44 bits per heavy atom. The van der Waals surface area contributed by atoms with E-state index >= 15 is 0 Å². The predicted octanol–water partition coefficient (Wildman–Crippen LogP) is 3.86. The van der Waals surface area contributed by atoms with Gasteiger partial charge in [-0.25, -0.2) is 4.98 Å². The molecule has 0 fully saturated rings. The Kier molecular flexibility index (Phi) is 4.17. The quantitative estimate of drug-likeness (QED) is 0.609. The lowest BCUT2D eigenvalue weighted by molar-refractivity contribution is 0.155. The van der Waals surface area contributed by atoms with Crippen molar-refractivity contribution in [3.63, 3.8) is 0 Å². The van der Waals surface area contributed by atoms with Crippen molar-refractivity contribution in [1.82, 2.24) is 9.55 Å². The number of fused-ring (bicyclic) bond motifs is 1. The van der Waals surface area contributed by atoms with Crippen molar-refractivity contribution in [3.8, 4) is 10.4 Å². The van der Waals surface area contributed by atoms with Crippen LogP contribution in [-0.4, -0.2) is 14.7 Å². The molecule has 2 aromatic carbocycles. The summed E-state index contributed by atoms with van der Waals surface area (Å²) >= 11 is 1.50. The highest BCUT2D eigenvalue weighted by Crippen LogP contribution is 2.30. The number of benzene rings is 2. The number of aromatic nitrogens is 2. The van der Waals surface area contributed by atoms with Crippen molar-refractivity contribution in [2.75, 3.05) is 0 Å². The van der Waals surface area contributed by atoms with Gasteiger partial charge in [0.2, 0.25) is 0 Å². The van der Waals surface area contributed by atoms with Crippen LogP contribution in [0.3, 0.4) is 0 Å². The monoisotopic (exact) mass is 348 g/mol.